The first kappa shape index (κ1) is 13.8. The third-order valence-electron chi connectivity index (χ3n) is 2.97. The third-order valence-corrected chi connectivity index (χ3v) is 4.10. The highest BCUT2D eigenvalue weighted by Gasteiger charge is 2.28. The van der Waals surface area contributed by atoms with Crippen LogP contribution in [0.15, 0.2) is 24.3 Å². The van der Waals surface area contributed by atoms with Gasteiger partial charge in [0.1, 0.15) is 11.6 Å². The summed E-state index contributed by atoms with van der Waals surface area (Å²) in [7, 11) is 0. The summed E-state index contributed by atoms with van der Waals surface area (Å²) in [5.74, 6) is 1.23. The van der Waals surface area contributed by atoms with Crippen LogP contribution in [0.1, 0.15) is 24.8 Å². The van der Waals surface area contributed by atoms with Crippen molar-refractivity contribution >= 4 is 22.4 Å². The van der Waals surface area contributed by atoms with Gasteiger partial charge in [-0.15, -0.1) is 10.2 Å². The van der Waals surface area contributed by atoms with E-state index in [1.54, 1.807) is 6.07 Å². The molecule has 0 saturated heterocycles. The molecule has 0 fully saturated rings. The van der Waals surface area contributed by atoms with Gasteiger partial charge in [0.05, 0.1) is 0 Å². The molecule has 1 aromatic heterocycles. The molecule has 0 radical (unpaired) electrons. The van der Waals surface area contributed by atoms with Gasteiger partial charge in [-0.2, -0.15) is 0 Å². The highest BCUT2D eigenvalue weighted by Crippen LogP contribution is 2.31. The highest BCUT2D eigenvalue weighted by molar-refractivity contribution is 7.15. The summed E-state index contributed by atoms with van der Waals surface area (Å²) < 4.78 is 11.2. The highest BCUT2D eigenvalue weighted by atomic mass is 32.1. The molecule has 1 aliphatic rings. The zero-order valence-corrected chi connectivity index (χ0v) is 12.5. The maximum atomic E-state index is 12.2. The summed E-state index contributed by atoms with van der Waals surface area (Å²) in [5, 5.41) is 12.1. The number of aromatic nitrogens is 2. The van der Waals surface area contributed by atoms with Gasteiger partial charge in [-0.1, -0.05) is 37.3 Å². The van der Waals surface area contributed by atoms with Gasteiger partial charge >= 0.3 is 0 Å². The lowest BCUT2D eigenvalue weighted by Gasteiger charge is -2.25. The number of carbonyl (C=O) groups is 1. The lowest BCUT2D eigenvalue weighted by molar-refractivity contribution is -0.125. The van der Waals surface area contributed by atoms with Gasteiger partial charge in [-0.25, -0.2) is 0 Å². The summed E-state index contributed by atoms with van der Waals surface area (Å²) in [6, 6.07) is 7.28. The van der Waals surface area contributed by atoms with Crippen molar-refractivity contribution < 1.29 is 14.3 Å². The molecule has 6 nitrogen and oxygen atoms in total. The van der Waals surface area contributed by atoms with Gasteiger partial charge in [-0.3, -0.25) is 10.1 Å². The number of carbonyl (C=O) groups excluding carboxylic acids is 1. The topological polar surface area (TPSA) is 73.3 Å². The minimum atomic E-state index is -0.689. The zero-order valence-electron chi connectivity index (χ0n) is 11.7. The summed E-state index contributed by atoms with van der Waals surface area (Å²) in [4.78, 5) is 12.2. The average Bonchev–Trinajstić information content (AvgIpc) is 2.95. The number of anilines is 1. The molecule has 110 valence electrons. The van der Waals surface area contributed by atoms with Gasteiger partial charge < -0.3 is 9.47 Å². The summed E-state index contributed by atoms with van der Waals surface area (Å²) in [6.45, 7) is 4.24. The fourth-order valence-corrected chi connectivity index (χ4v) is 2.60. The van der Waals surface area contributed by atoms with Gasteiger partial charge in [0.15, 0.2) is 11.5 Å². The SMILES string of the molecule is CC(C)c1nnc(NC(=O)[C@H]2COc3ccccc3O2)s1. The van der Waals surface area contributed by atoms with Crippen LogP contribution in [0.4, 0.5) is 5.13 Å². The van der Waals surface area contributed by atoms with Crippen LogP contribution in [-0.4, -0.2) is 28.8 Å². The molecule has 1 N–H and O–H groups in total. The summed E-state index contributed by atoms with van der Waals surface area (Å²) in [6.07, 6.45) is -0.689. The van der Waals surface area contributed by atoms with Gasteiger partial charge in [0.2, 0.25) is 11.2 Å². The molecule has 1 amide bonds. The van der Waals surface area contributed by atoms with Crippen molar-refractivity contribution in [3.63, 3.8) is 0 Å². The Morgan fingerprint density at radius 2 is 2.10 bits per heavy atom. The maximum Gasteiger partial charge on any atom is 0.270 e. The first-order valence-electron chi connectivity index (χ1n) is 6.66. The molecule has 0 spiro atoms. The molecule has 7 heteroatoms. The fourth-order valence-electron chi connectivity index (χ4n) is 1.85. The number of amides is 1. The molecule has 0 aliphatic carbocycles. The number of nitrogens with zero attached hydrogens (tertiary/aromatic N) is 2. The third kappa shape index (κ3) is 2.97. The van der Waals surface area contributed by atoms with Crippen LogP contribution in [0.5, 0.6) is 11.5 Å². The number of ether oxygens (including phenoxy) is 2. The number of fused-ring (bicyclic) bond motifs is 1. The van der Waals surface area contributed by atoms with Crippen molar-refractivity contribution in [3.05, 3.63) is 29.3 Å². The first-order chi connectivity index (χ1) is 10.1. The number of nitrogens with one attached hydrogen (secondary N) is 1. The Kier molecular flexibility index (Phi) is 3.74. The molecule has 3 rings (SSSR count). The molecule has 2 heterocycles. The van der Waals surface area contributed by atoms with Crippen molar-refractivity contribution in [1.82, 2.24) is 10.2 Å². The Morgan fingerprint density at radius 3 is 2.81 bits per heavy atom. The Morgan fingerprint density at radius 1 is 1.33 bits per heavy atom. The number of hydrogen-bond donors (Lipinski definition) is 1. The minimum absolute atomic E-state index is 0.179. The van der Waals surface area contributed by atoms with E-state index in [2.05, 4.69) is 15.5 Å². The molecule has 1 aromatic carbocycles. The normalized spacial score (nSPS) is 16.8. The molecule has 1 atom stereocenters. The molecule has 0 bridgehead atoms. The fraction of sp³-hybridized carbons (Fsp3) is 0.357. The van der Waals surface area contributed by atoms with E-state index in [4.69, 9.17) is 9.47 Å². The quantitative estimate of drug-likeness (QED) is 0.943. The lowest BCUT2D eigenvalue weighted by atomic mass is 10.2. The van der Waals surface area contributed by atoms with E-state index < -0.39 is 6.10 Å². The van der Waals surface area contributed by atoms with Crippen LogP contribution in [0.25, 0.3) is 0 Å². The summed E-state index contributed by atoms with van der Waals surface area (Å²) >= 11 is 1.37. The standard InChI is InChI=1S/C14H15N3O3S/c1-8(2)13-16-17-14(21-13)15-12(18)11-7-19-9-5-3-4-6-10(9)20-11/h3-6,8,11H,7H2,1-2H3,(H,15,17,18)/t11-/m1/s1. The van der Waals surface area contributed by atoms with Gasteiger partial charge in [-0.05, 0) is 12.1 Å². The zero-order chi connectivity index (χ0) is 14.8. The van der Waals surface area contributed by atoms with E-state index >= 15 is 0 Å². The van der Waals surface area contributed by atoms with Crippen LogP contribution in [0.2, 0.25) is 0 Å². The molecule has 1 aliphatic heterocycles. The second kappa shape index (κ2) is 5.69. The average molecular weight is 305 g/mol. The van der Waals surface area contributed by atoms with Crippen molar-refractivity contribution in [1.29, 1.82) is 0 Å². The second-order valence-electron chi connectivity index (χ2n) is 4.95. The van der Waals surface area contributed by atoms with Crippen molar-refractivity contribution in [2.75, 3.05) is 11.9 Å². The Balaban J connectivity index is 1.66. The van der Waals surface area contributed by atoms with E-state index in [0.717, 1.165) is 5.01 Å². The Labute approximate surface area is 126 Å². The number of hydrogen-bond acceptors (Lipinski definition) is 6. The molecule has 0 unspecified atom stereocenters. The molecule has 0 saturated carbocycles. The molecule has 21 heavy (non-hydrogen) atoms. The minimum Gasteiger partial charge on any atom is -0.485 e. The van der Waals surface area contributed by atoms with E-state index in [0.29, 0.717) is 16.6 Å². The predicted octanol–water partition coefficient (Wildman–Crippen LogP) is 2.44. The largest absolute Gasteiger partial charge is 0.485 e. The van der Waals surface area contributed by atoms with Crippen LogP contribution in [-0.2, 0) is 4.79 Å². The van der Waals surface area contributed by atoms with E-state index in [9.17, 15) is 4.79 Å². The lowest BCUT2D eigenvalue weighted by Crippen LogP contribution is -2.40. The second-order valence-corrected chi connectivity index (χ2v) is 5.96. The van der Waals surface area contributed by atoms with Gasteiger partial charge in [0, 0.05) is 5.92 Å². The van der Waals surface area contributed by atoms with Crippen molar-refractivity contribution in [2.45, 2.75) is 25.9 Å². The maximum absolute atomic E-state index is 12.2. The predicted molar refractivity (Wildman–Crippen MR) is 79.0 cm³/mol. The molecular weight excluding hydrogens is 290 g/mol. The van der Waals surface area contributed by atoms with E-state index in [-0.39, 0.29) is 18.4 Å². The number of benzene rings is 1. The number of para-hydroxylation sites is 2. The Bertz CT molecular complexity index is 656. The van der Waals surface area contributed by atoms with E-state index in [1.165, 1.54) is 11.3 Å². The van der Waals surface area contributed by atoms with Crippen LogP contribution in [0.3, 0.4) is 0 Å². The number of rotatable bonds is 3. The van der Waals surface area contributed by atoms with E-state index in [1.807, 2.05) is 32.0 Å². The smallest absolute Gasteiger partial charge is 0.270 e. The van der Waals surface area contributed by atoms with Gasteiger partial charge in [0.25, 0.3) is 5.91 Å². The molecular formula is C14H15N3O3S. The monoisotopic (exact) mass is 305 g/mol. The molecule has 2 aromatic rings. The van der Waals surface area contributed by atoms with Crippen LogP contribution in [0, 0.1) is 0 Å². The van der Waals surface area contributed by atoms with Crippen molar-refractivity contribution in [3.8, 4) is 11.5 Å². The Hall–Kier alpha value is -2.15. The van der Waals surface area contributed by atoms with Crippen LogP contribution < -0.4 is 14.8 Å². The first-order valence-corrected chi connectivity index (χ1v) is 7.48. The van der Waals surface area contributed by atoms with Crippen molar-refractivity contribution in [2.24, 2.45) is 0 Å². The van der Waals surface area contributed by atoms with Crippen LogP contribution >= 0.6 is 11.3 Å². The summed E-state index contributed by atoms with van der Waals surface area (Å²) in [5.41, 5.74) is 0.